The highest BCUT2D eigenvalue weighted by atomic mass is 16.5. The van der Waals surface area contributed by atoms with E-state index < -0.39 is 0 Å². The topological polar surface area (TPSA) is 48.2 Å². The van der Waals surface area contributed by atoms with Crippen molar-refractivity contribution in [3.63, 3.8) is 0 Å². The molecule has 1 aromatic heterocycles. The Bertz CT molecular complexity index is 748. The highest BCUT2D eigenvalue weighted by Crippen LogP contribution is 2.21. The highest BCUT2D eigenvalue weighted by molar-refractivity contribution is 5.67. The van der Waals surface area contributed by atoms with Crippen LogP contribution in [0.15, 0.2) is 59.1 Å². The molecule has 2 aromatic carbocycles. The molecule has 1 heterocycles. The maximum absolute atomic E-state index is 5.23. The first-order valence-electron chi connectivity index (χ1n) is 6.56. The lowest BCUT2D eigenvalue weighted by molar-refractivity contribution is 0.410. The summed E-state index contributed by atoms with van der Waals surface area (Å²) in [7, 11) is 1.63. The van der Waals surface area contributed by atoms with E-state index in [9.17, 15) is 0 Å². The fourth-order valence-electron chi connectivity index (χ4n) is 1.91. The Balaban J connectivity index is 1.81. The predicted octanol–water partition coefficient (Wildman–Crippen LogP) is 3.92. The van der Waals surface area contributed by atoms with Gasteiger partial charge in [0.05, 0.1) is 7.11 Å². The molecule has 0 saturated carbocycles. The van der Waals surface area contributed by atoms with Crippen LogP contribution in [-0.4, -0.2) is 17.3 Å². The van der Waals surface area contributed by atoms with Crippen LogP contribution in [0.2, 0.25) is 0 Å². The molecule has 3 aromatic rings. The van der Waals surface area contributed by atoms with Gasteiger partial charge in [-0.05, 0) is 23.8 Å². The van der Waals surface area contributed by atoms with Gasteiger partial charge in [-0.15, -0.1) is 0 Å². The number of aromatic nitrogens is 2. The molecule has 0 N–H and O–H groups in total. The third-order valence-electron chi connectivity index (χ3n) is 2.99. The quantitative estimate of drug-likeness (QED) is 0.725. The first-order valence-corrected chi connectivity index (χ1v) is 6.56. The minimum absolute atomic E-state index is 0.469. The molecular formula is C17H14N2O2. The van der Waals surface area contributed by atoms with E-state index in [0.29, 0.717) is 11.7 Å². The number of hydrogen-bond donors (Lipinski definition) is 0. The molecule has 0 fully saturated rings. The molecule has 3 rings (SSSR count). The third-order valence-corrected chi connectivity index (χ3v) is 2.99. The van der Waals surface area contributed by atoms with Crippen LogP contribution in [0.1, 0.15) is 11.5 Å². The molecule has 0 aliphatic rings. The Hall–Kier alpha value is -2.88. The molecule has 0 radical (unpaired) electrons. The zero-order chi connectivity index (χ0) is 14.5. The Kier molecular flexibility index (Phi) is 3.78. The van der Waals surface area contributed by atoms with Crippen LogP contribution in [0, 0.1) is 0 Å². The summed E-state index contributed by atoms with van der Waals surface area (Å²) in [5.41, 5.74) is 1.94. The fraction of sp³-hybridized carbons (Fsp3) is 0.0588. The Labute approximate surface area is 122 Å². The number of ether oxygens (including phenoxy) is 1. The van der Waals surface area contributed by atoms with Crippen LogP contribution in [0.25, 0.3) is 23.5 Å². The summed E-state index contributed by atoms with van der Waals surface area (Å²) in [5, 5.41) is 3.98. The van der Waals surface area contributed by atoms with E-state index in [0.717, 1.165) is 16.9 Å². The monoisotopic (exact) mass is 278 g/mol. The van der Waals surface area contributed by atoms with Gasteiger partial charge in [0.2, 0.25) is 5.82 Å². The molecule has 4 nitrogen and oxygen atoms in total. The van der Waals surface area contributed by atoms with E-state index >= 15 is 0 Å². The summed E-state index contributed by atoms with van der Waals surface area (Å²) in [6.07, 6.45) is 3.73. The second-order valence-electron chi connectivity index (χ2n) is 4.43. The van der Waals surface area contributed by atoms with Gasteiger partial charge in [-0.1, -0.05) is 47.6 Å². The van der Waals surface area contributed by atoms with Gasteiger partial charge in [-0.25, -0.2) is 0 Å². The van der Waals surface area contributed by atoms with E-state index in [4.69, 9.17) is 9.26 Å². The normalized spacial score (nSPS) is 10.9. The molecule has 4 heteroatoms. The number of nitrogens with zero attached hydrogens (tertiary/aromatic N) is 2. The lowest BCUT2D eigenvalue weighted by atomic mass is 10.2. The molecule has 0 saturated heterocycles. The van der Waals surface area contributed by atoms with Crippen LogP contribution >= 0.6 is 0 Å². The van der Waals surface area contributed by atoms with E-state index in [-0.39, 0.29) is 0 Å². The van der Waals surface area contributed by atoms with Crippen molar-refractivity contribution in [2.75, 3.05) is 7.11 Å². The van der Waals surface area contributed by atoms with Crippen LogP contribution in [0.5, 0.6) is 5.75 Å². The van der Waals surface area contributed by atoms with Crippen molar-refractivity contribution >= 4 is 12.2 Å². The summed E-state index contributed by atoms with van der Waals surface area (Å²) in [5.74, 6) is 1.77. The molecule has 0 aliphatic carbocycles. The SMILES string of the molecule is COc1cccc(-c2noc(/C=C/c3ccccc3)n2)c1. The van der Waals surface area contributed by atoms with Crippen molar-refractivity contribution in [3.8, 4) is 17.1 Å². The van der Waals surface area contributed by atoms with Gasteiger partial charge < -0.3 is 9.26 Å². The van der Waals surface area contributed by atoms with Crippen LogP contribution in [-0.2, 0) is 0 Å². The van der Waals surface area contributed by atoms with Gasteiger partial charge in [0.1, 0.15) is 5.75 Å². The van der Waals surface area contributed by atoms with Crippen LogP contribution < -0.4 is 4.74 Å². The standard InChI is InChI=1S/C17H14N2O2/c1-20-15-9-5-8-14(12-15)17-18-16(21-19-17)11-10-13-6-3-2-4-7-13/h2-12H,1H3/b11-10+. The number of benzene rings is 2. The maximum atomic E-state index is 5.23. The molecule has 104 valence electrons. The van der Waals surface area contributed by atoms with E-state index in [1.165, 1.54) is 0 Å². The van der Waals surface area contributed by atoms with Crippen molar-refractivity contribution in [1.29, 1.82) is 0 Å². The van der Waals surface area contributed by atoms with Crippen molar-refractivity contribution < 1.29 is 9.26 Å². The molecular weight excluding hydrogens is 264 g/mol. The van der Waals surface area contributed by atoms with E-state index in [1.54, 1.807) is 13.2 Å². The number of rotatable bonds is 4. The average Bonchev–Trinajstić information content (AvgIpc) is 3.03. The molecule has 0 atom stereocenters. The zero-order valence-corrected chi connectivity index (χ0v) is 11.6. The summed E-state index contributed by atoms with van der Waals surface area (Å²) < 4.78 is 10.4. The Morgan fingerprint density at radius 2 is 1.86 bits per heavy atom. The van der Waals surface area contributed by atoms with E-state index in [2.05, 4.69) is 10.1 Å². The Morgan fingerprint density at radius 1 is 1.00 bits per heavy atom. The van der Waals surface area contributed by atoms with Crippen LogP contribution in [0.4, 0.5) is 0 Å². The average molecular weight is 278 g/mol. The van der Waals surface area contributed by atoms with Gasteiger partial charge in [-0.2, -0.15) is 4.98 Å². The van der Waals surface area contributed by atoms with Gasteiger partial charge in [0.15, 0.2) is 0 Å². The van der Waals surface area contributed by atoms with Gasteiger partial charge in [-0.3, -0.25) is 0 Å². The molecule has 0 spiro atoms. The molecule has 0 amide bonds. The highest BCUT2D eigenvalue weighted by Gasteiger charge is 2.07. The van der Waals surface area contributed by atoms with Gasteiger partial charge in [0.25, 0.3) is 5.89 Å². The summed E-state index contributed by atoms with van der Waals surface area (Å²) in [6, 6.07) is 17.5. The second-order valence-corrected chi connectivity index (χ2v) is 4.43. The minimum atomic E-state index is 0.469. The second kappa shape index (κ2) is 6.05. The first kappa shape index (κ1) is 13.1. The first-order chi connectivity index (χ1) is 10.3. The minimum Gasteiger partial charge on any atom is -0.497 e. The number of hydrogen-bond acceptors (Lipinski definition) is 4. The fourth-order valence-corrected chi connectivity index (χ4v) is 1.91. The molecule has 0 aliphatic heterocycles. The summed E-state index contributed by atoms with van der Waals surface area (Å²) in [4.78, 5) is 4.35. The maximum Gasteiger partial charge on any atom is 0.250 e. The molecule has 21 heavy (non-hydrogen) atoms. The van der Waals surface area contributed by atoms with Gasteiger partial charge >= 0.3 is 0 Å². The largest absolute Gasteiger partial charge is 0.497 e. The van der Waals surface area contributed by atoms with Crippen molar-refractivity contribution in [3.05, 3.63) is 66.1 Å². The van der Waals surface area contributed by atoms with Gasteiger partial charge in [0, 0.05) is 11.6 Å². The van der Waals surface area contributed by atoms with Crippen molar-refractivity contribution in [2.45, 2.75) is 0 Å². The zero-order valence-electron chi connectivity index (χ0n) is 11.6. The lowest BCUT2D eigenvalue weighted by Crippen LogP contribution is -1.85. The smallest absolute Gasteiger partial charge is 0.250 e. The summed E-state index contributed by atoms with van der Waals surface area (Å²) in [6.45, 7) is 0. The predicted molar refractivity (Wildman–Crippen MR) is 81.7 cm³/mol. The Morgan fingerprint density at radius 3 is 2.67 bits per heavy atom. The van der Waals surface area contributed by atoms with Crippen LogP contribution in [0.3, 0.4) is 0 Å². The van der Waals surface area contributed by atoms with Crippen molar-refractivity contribution in [1.82, 2.24) is 10.1 Å². The lowest BCUT2D eigenvalue weighted by Gasteiger charge is -1.99. The third kappa shape index (κ3) is 3.17. The molecule has 0 unspecified atom stereocenters. The molecule has 0 bridgehead atoms. The van der Waals surface area contributed by atoms with Crippen molar-refractivity contribution in [2.24, 2.45) is 0 Å². The van der Waals surface area contributed by atoms with E-state index in [1.807, 2.05) is 60.7 Å². The number of methoxy groups -OCH3 is 1. The summed E-state index contributed by atoms with van der Waals surface area (Å²) >= 11 is 0.